The third-order valence-electron chi connectivity index (χ3n) is 3.24. The molecule has 0 radical (unpaired) electrons. The maximum atomic E-state index is 6.35. The fourth-order valence-corrected chi connectivity index (χ4v) is 3.37. The molecule has 0 aliphatic carbocycles. The first-order valence-corrected chi connectivity index (χ1v) is 7.89. The molecule has 2 aromatic carbocycles. The van der Waals surface area contributed by atoms with Crippen molar-refractivity contribution in [2.45, 2.75) is 6.54 Å². The van der Waals surface area contributed by atoms with Gasteiger partial charge in [0.2, 0.25) is 0 Å². The quantitative estimate of drug-likeness (QED) is 0.553. The van der Waals surface area contributed by atoms with Gasteiger partial charge in [-0.25, -0.2) is 0 Å². The SMILES string of the molecule is NCc1[nH]c2ccc(I)cc2c1-c1ccc(Cl)cc1Cl. The summed E-state index contributed by atoms with van der Waals surface area (Å²) in [6.45, 7) is 0.430. The van der Waals surface area contributed by atoms with Crippen LogP contribution < -0.4 is 5.73 Å². The molecular weight excluding hydrogens is 406 g/mol. The summed E-state index contributed by atoms with van der Waals surface area (Å²) in [4.78, 5) is 3.36. The van der Waals surface area contributed by atoms with Crippen LogP contribution in [0.4, 0.5) is 0 Å². The fourth-order valence-electron chi connectivity index (χ4n) is 2.37. The van der Waals surface area contributed by atoms with Crippen molar-refractivity contribution >= 4 is 56.7 Å². The van der Waals surface area contributed by atoms with E-state index in [1.54, 1.807) is 6.07 Å². The third-order valence-corrected chi connectivity index (χ3v) is 4.46. The van der Waals surface area contributed by atoms with Gasteiger partial charge >= 0.3 is 0 Å². The summed E-state index contributed by atoms with van der Waals surface area (Å²) in [6.07, 6.45) is 0. The predicted octanol–water partition coefficient (Wildman–Crippen LogP) is 5.21. The van der Waals surface area contributed by atoms with E-state index in [1.165, 1.54) is 3.57 Å². The van der Waals surface area contributed by atoms with E-state index in [1.807, 2.05) is 12.1 Å². The molecule has 102 valence electrons. The number of benzene rings is 2. The maximum absolute atomic E-state index is 6.35. The molecule has 2 nitrogen and oxygen atoms in total. The topological polar surface area (TPSA) is 41.8 Å². The predicted molar refractivity (Wildman–Crippen MR) is 94.4 cm³/mol. The van der Waals surface area contributed by atoms with Gasteiger partial charge < -0.3 is 10.7 Å². The highest BCUT2D eigenvalue weighted by Crippen LogP contribution is 2.38. The number of hydrogen-bond donors (Lipinski definition) is 2. The van der Waals surface area contributed by atoms with Crippen LogP contribution in [0.15, 0.2) is 36.4 Å². The third kappa shape index (κ3) is 2.44. The van der Waals surface area contributed by atoms with Crippen molar-refractivity contribution < 1.29 is 0 Å². The molecular formula is C15H11Cl2IN2. The summed E-state index contributed by atoms with van der Waals surface area (Å²) < 4.78 is 1.17. The first-order chi connectivity index (χ1) is 9.60. The summed E-state index contributed by atoms with van der Waals surface area (Å²) >= 11 is 14.6. The molecule has 0 aliphatic rings. The Balaban J connectivity index is 2.36. The minimum atomic E-state index is 0.430. The van der Waals surface area contributed by atoms with Crippen molar-refractivity contribution in [3.63, 3.8) is 0 Å². The molecule has 0 aliphatic heterocycles. The molecule has 20 heavy (non-hydrogen) atoms. The average molecular weight is 417 g/mol. The van der Waals surface area contributed by atoms with E-state index >= 15 is 0 Å². The highest BCUT2D eigenvalue weighted by atomic mass is 127. The number of halogens is 3. The van der Waals surface area contributed by atoms with Crippen LogP contribution >= 0.6 is 45.8 Å². The van der Waals surface area contributed by atoms with Gasteiger partial charge in [0.15, 0.2) is 0 Å². The number of aromatic amines is 1. The highest BCUT2D eigenvalue weighted by Gasteiger charge is 2.15. The lowest BCUT2D eigenvalue weighted by atomic mass is 10.0. The second-order valence-electron chi connectivity index (χ2n) is 4.50. The minimum absolute atomic E-state index is 0.430. The lowest BCUT2D eigenvalue weighted by Crippen LogP contribution is -1.98. The number of rotatable bonds is 2. The Morgan fingerprint density at radius 1 is 1.10 bits per heavy atom. The van der Waals surface area contributed by atoms with Gasteiger partial charge in [-0.05, 0) is 52.9 Å². The Bertz CT molecular complexity index is 796. The highest BCUT2D eigenvalue weighted by molar-refractivity contribution is 14.1. The van der Waals surface area contributed by atoms with Gasteiger partial charge in [0.05, 0.1) is 0 Å². The average Bonchev–Trinajstić information content (AvgIpc) is 2.76. The van der Waals surface area contributed by atoms with Crippen molar-refractivity contribution in [2.24, 2.45) is 5.73 Å². The Kier molecular flexibility index (Phi) is 3.95. The monoisotopic (exact) mass is 416 g/mol. The van der Waals surface area contributed by atoms with Crippen LogP contribution in [0.1, 0.15) is 5.69 Å². The number of fused-ring (bicyclic) bond motifs is 1. The van der Waals surface area contributed by atoms with E-state index in [0.29, 0.717) is 16.6 Å². The van der Waals surface area contributed by atoms with E-state index in [2.05, 4.69) is 45.8 Å². The van der Waals surface area contributed by atoms with Gasteiger partial charge in [-0.15, -0.1) is 0 Å². The largest absolute Gasteiger partial charge is 0.357 e. The smallest absolute Gasteiger partial charge is 0.0500 e. The summed E-state index contributed by atoms with van der Waals surface area (Å²) in [5.74, 6) is 0. The molecule has 5 heteroatoms. The molecule has 1 aromatic heterocycles. The van der Waals surface area contributed by atoms with Crippen molar-refractivity contribution in [3.05, 3.63) is 55.7 Å². The van der Waals surface area contributed by atoms with Gasteiger partial charge in [0, 0.05) is 47.9 Å². The van der Waals surface area contributed by atoms with Crippen LogP contribution in [0, 0.1) is 3.57 Å². The molecule has 0 amide bonds. The molecule has 3 aromatic rings. The molecule has 3 rings (SSSR count). The first-order valence-electron chi connectivity index (χ1n) is 6.05. The second-order valence-corrected chi connectivity index (χ2v) is 6.59. The summed E-state index contributed by atoms with van der Waals surface area (Å²) in [6, 6.07) is 11.8. The van der Waals surface area contributed by atoms with Crippen molar-refractivity contribution in [3.8, 4) is 11.1 Å². The van der Waals surface area contributed by atoms with E-state index in [-0.39, 0.29) is 0 Å². The van der Waals surface area contributed by atoms with Crippen LogP contribution in [0.5, 0.6) is 0 Å². The molecule has 0 bridgehead atoms. The van der Waals surface area contributed by atoms with Crippen molar-refractivity contribution in [1.82, 2.24) is 4.98 Å². The summed E-state index contributed by atoms with van der Waals surface area (Å²) in [5.41, 5.74) is 9.91. The maximum Gasteiger partial charge on any atom is 0.0500 e. The molecule has 0 fully saturated rings. The van der Waals surface area contributed by atoms with Gasteiger partial charge in [0.1, 0.15) is 0 Å². The van der Waals surface area contributed by atoms with E-state index in [9.17, 15) is 0 Å². The second kappa shape index (κ2) is 5.56. The van der Waals surface area contributed by atoms with E-state index in [0.717, 1.165) is 27.7 Å². The van der Waals surface area contributed by atoms with Gasteiger partial charge in [0.25, 0.3) is 0 Å². The number of aromatic nitrogens is 1. The van der Waals surface area contributed by atoms with E-state index in [4.69, 9.17) is 28.9 Å². The van der Waals surface area contributed by atoms with Crippen LogP contribution in [-0.4, -0.2) is 4.98 Å². The first kappa shape index (κ1) is 14.2. The Morgan fingerprint density at radius 3 is 2.60 bits per heavy atom. The van der Waals surface area contributed by atoms with Gasteiger partial charge in [-0.3, -0.25) is 0 Å². The molecule has 0 unspecified atom stereocenters. The molecule has 0 saturated carbocycles. The molecule has 0 atom stereocenters. The Labute approximate surface area is 140 Å². The van der Waals surface area contributed by atoms with Crippen molar-refractivity contribution in [1.29, 1.82) is 0 Å². The normalized spacial score (nSPS) is 11.2. The molecule has 1 heterocycles. The Morgan fingerprint density at radius 2 is 1.90 bits per heavy atom. The van der Waals surface area contributed by atoms with Gasteiger partial charge in [-0.2, -0.15) is 0 Å². The Hall–Kier alpha value is -0.750. The summed E-state index contributed by atoms with van der Waals surface area (Å²) in [5, 5.41) is 2.39. The van der Waals surface area contributed by atoms with Crippen LogP contribution in [0.3, 0.4) is 0 Å². The number of H-pyrrole nitrogens is 1. The molecule has 3 N–H and O–H groups in total. The summed E-state index contributed by atoms with van der Waals surface area (Å²) in [7, 11) is 0. The number of nitrogens with two attached hydrogens (primary N) is 1. The lowest BCUT2D eigenvalue weighted by molar-refractivity contribution is 1.02. The number of nitrogens with one attached hydrogen (secondary N) is 1. The lowest BCUT2D eigenvalue weighted by Gasteiger charge is -2.07. The number of hydrogen-bond acceptors (Lipinski definition) is 1. The van der Waals surface area contributed by atoms with E-state index < -0.39 is 0 Å². The molecule has 0 spiro atoms. The molecule has 0 saturated heterocycles. The minimum Gasteiger partial charge on any atom is -0.357 e. The zero-order valence-corrected chi connectivity index (χ0v) is 14.1. The zero-order valence-electron chi connectivity index (χ0n) is 10.4. The zero-order chi connectivity index (χ0) is 14.3. The van der Waals surface area contributed by atoms with Crippen LogP contribution in [-0.2, 0) is 6.54 Å². The van der Waals surface area contributed by atoms with Crippen LogP contribution in [0.25, 0.3) is 22.0 Å². The van der Waals surface area contributed by atoms with Crippen LogP contribution in [0.2, 0.25) is 10.0 Å². The van der Waals surface area contributed by atoms with Gasteiger partial charge in [-0.1, -0.05) is 29.3 Å². The standard InChI is InChI=1S/C15H11Cl2IN2/c16-8-1-3-10(12(17)5-8)15-11-6-9(18)2-4-13(11)20-14(15)7-19/h1-6,20H,7,19H2. The fraction of sp³-hybridized carbons (Fsp3) is 0.0667. The van der Waals surface area contributed by atoms with Crippen molar-refractivity contribution in [2.75, 3.05) is 0 Å².